The first kappa shape index (κ1) is 15.0. The lowest BCUT2D eigenvalue weighted by Crippen LogP contribution is -2.06. The summed E-state index contributed by atoms with van der Waals surface area (Å²) in [5, 5.41) is 9.81. The molecule has 7 heteroatoms. The van der Waals surface area contributed by atoms with E-state index in [-0.39, 0.29) is 11.1 Å². The largest absolute Gasteiger partial charge is 0.507 e. The summed E-state index contributed by atoms with van der Waals surface area (Å²) in [6.45, 7) is 0. The van der Waals surface area contributed by atoms with E-state index in [1.54, 1.807) is 18.2 Å². The van der Waals surface area contributed by atoms with Crippen LogP contribution in [-0.4, -0.2) is 23.9 Å². The highest BCUT2D eigenvalue weighted by atomic mass is 32.2. The lowest BCUT2D eigenvalue weighted by molar-refractivity contribution is 0.103. The summed E-state index contributed by atoms with van der Waals surface area (Å²) in [6.07, 6.45) is 0. The highest BCUT2D eigenvalue weighted by molar-refractivity contribution is 7.86. The van der Waals surface area contributed by atoms with Gasteiger partial charge < -0.3 is 9.84 Å². The Morgan fingerprint density at radius 1 is 1.14 bits per heavy atom. The van der Waals surface area contributed by atoms with Crippen LogP contribution in [-0.2, 0) is 10.1 Å². The third kappa shape index (κ3) is 3.04. The molecule has 0 atom stereocenters. The Bertz CT molecular complexity index is 781. The standard InChI is InChI=1S/C14H10O6S/c1-20-12-8-11(15)10(7-13(12)21(17,18)19)14(16)9-5-3-2-4-6-9/h1-8,15H,(H,17,18,19). The maximum atomic E-state index is 12.2. The minimum Gasteiger partial charge on any atom is -0.507 e. The van der Waals surface area contributed by atoms with Crippen molar-refractivity contribution in [1.82, 2.24) is 0 Å². The number of phenols is 1. The first-order valence-electron chi connectivity index (χ1n) is 5.65. The molecule has 0 fully saturated rings. The summed E-state index contributed by atoms with van der Waals surface area (Å²) in [7, 11) is 0.213. The van der Waals surface area contributed by atoms with E-state index in [0.717, 1.165) is 12.1 Å². The fourth-order valence-electron chi connectivity index (χ4n) is 1.77. The summed E-state index contributed by atoms with van der Waals surface area (Å²) in [5.41, 5.74) is -0.0508. The van der Waals surface area contributed by atoms with Gasteiger partial charge in [-0.05, 0) is 6.07 Å². The van der Waals surface area contributed by atoms with Crippen molar-refractivity contribution < 1.29 is 27.6 Å². The second-order valence-electron chi connectivity index (χ2n) is 4.10. The molecule has 0 aromatic heterocycles. The summed E-state index contributed by atoms with van der Waals surface area (Å²) < 4.78 is 35.9. The summed E-state index contributed by atoms with van der Waals surface area (Å²) in [6, 6.07) is 9.59. The van der Waals surface area contributed by atoms with Crippen molar-refractivity contribution in [2.45, 2.75) is 4.90 Å². The first-order chi connectivity index (χ1) is 9.84. The van der Waals surface area contributed by atoms with Crippen LogP contribution >= 0.6 is 0 Å². The van der Waals surface area contributed by atoms with Crippen molar-refractivity contribution in [2.24, 2.45) is 0 Å². The SMILES string of the molecule is [CH]Oc1cc(O)c(C(=O)c2ccccc2)cc1S(=O)(=O)O. The Balaban J connectivity index is 2.63. The number of carbonyl (C=O) groups excluding carboxylic acids is 1. The number of rotatable bonds is 4. The lowest BCUT2D eigenvalue weighted by atomic mass is 10.0. The minimum absolute atomic E-state index is 0.246. The number of benzene rings is 2. The molecular weight excluding hydrogens is 296 g/mol. The third-order valence-corrected chi connectivity index (χ3v) is 3.62. The number of ether oxygens (including phenoxy) is 1. The van der Waals surface area contributed by atoms with E-state index in [2.05, 4.69) is 4.74 Å². The van der Waals surface area contributed by atoms with Gasteiger partial charge in [-0.15, -0.1) is 0 Å². The van der Waals surface area contributed by atoms with Crippen LogP contribution in [0.3, 0.4) is 0 Å². The topological polar surface area (TPSA) is 101 Å². The number of carbonyl (C=O) groups is 1. The van der Waals surface area contributed by atoms with Crippen LogP contribution in [0, 0.1) is 7.11 Å². The first-order valence-corrected chi connectivity index (χ1v) is 7.09. The van der Waals surface area contributed by atoms with Gasteiger partial charge in [0.25, 0.3) is 10.1 Å². The zero-order valence-electron chi connectivity index (χ0n) is 10.6. The Hall–Kier alpha value is -2.38. The summed E-state index contributed by atoms with van der Waals surface area (Å²) >= 11 is 0. The van der Waals surface area contributed by atoms with Crippen molar-refractivity contribution >= 4 is 15.9 Å². The molecule has 2 aromatic carbocycles. The zero-order valence-corrected chi connectivity index (χ0v) is 11.4. The zero-order chi connectivity index (χ0) is 15.6. The number of phenolic OH excluding ortho intramolecular Hbond substituents is 1. The van der Waals surface area contributed by atoms with Gasteiger partial charge in [-0.1, -0.05) is 30.3 Å². The summed E-state index contributed by atoms with van der Waals surface area (Å²) in [4.78, 5) is 11.5. The van der Waals surface area contributed by atoms with Gasteiger partial charge in [0.05, 0.1) is 5.56 Å². The van der Waals surface area contributed by atoms with Crippen LogP contribution in [0.4, 0.5) is 0 Å². The summed E-state index contributed by atoms with van der Waals surface area (Å²) in [5.74, 6) is -1.60. The number of hydrogen-bond donors (Lipinski definition) is 2. The molecule has 0 saturated carbocycles. The van der Waals surface area contributed by atoms with E-state index in [0.29, 0.717) is 0 Å². The van der Waals surface area contributed by atoms with E-state index in [1.807, 2.05) is 0 Å². The monoisotopic (exact) mass is 306 g/mol. The van der Waals surface area contributed by atoms with Gasteiger partial charge in [-0.3, -0.25) is 9.35 Å². The highest BCUT2D eigenvalue weighted by Gasteiger charge is 2.23. The van der Waals surface area contributed by atoms with Gasteiger partial charge >= 0.3 is 0 Å². The Morgan fingerprint density at radius 3 is 2.29 bits per heavy atom. The molecule has 0 heterocycles. The van der Waals surface area contributed by atoms with Crippen molar-refractivity contribution in [3.8, 4) is 11.5 Å². The van der Waals surface area contributed by atoms with Gasteiger partial charge in [0, 0.05) is 11.6 Å². The molecule has 2 N–H and O–H groups in total. The molecule has 0 spiro atoms. The molecule has 108 valence electrons. The van der Waals surface area contributed by atoms with Crippen LogP contribution in [0.5, 0.6) is 11.5 Å². The second-order valence-corrected chi connectivity index (χ2v) is 5.49. The smallest absolute Gasteiger partial charge is 0.298 e. The van der Waals surface area contributed by atoms with Gasteiger partial charge in [0.2, 0.25) is 0 Å². The van der Waals surface area contributed by atoms with Crippen LogP contribution in [0.1, 0.15) is 15.9 Å². The van der Waals surface area contributed by atoms with Gasteiger partial charge in [0.1, 0.15) is 16.4 Å². The molecular formula is C14H10O6S. The van der Waals surface area contributed by atoms with Crippen molar-refractivity contribution in [2.75, 3.05) is 0 Å². The van der Waals surface area contributed by atoms with E-state index in [9.17, 15) is 18.3 Å². The molecule has 0 amide bonds. The van der Waals surface area contributed by atoms with Crippen LogP contribution < -0.4 is 4.74 Å². The van der Waals surface area contributed by atoms with E-state index in [4.69, 9.17) is 11.7 Å². The highest BCUT2D eigenvalue weighted by Crippen LogP contribution is 2.32. The Kier molecular flexibility index (Phi) is 3.97. The number of aromatic hydroxyl groups is 1. The molecule has 2 radical (unpaired) electrons. The molecule has 0 aliphatic heterocycles. The van der Waals surface area contributed by atoms with E-state index in [1.165, 1.54) is 12.1 Å². The second kappa shape index (κ2) is 5.55. The molecule has 0 bridgehead atoms. The molecule has 0 aliphatic rings. The molecule has 2 aromatic rings. The molecule has 0 unspecified atom stereocenters. The fourth-order valence-corrected chi connectivity index (χ4v) is 2.40. The molecule has 0 aliphatic carbocycles. The fraction of sp³-hybridized carbons (Fsp3) is 0. The van der Waals surface area contributed by atoms with Crippen molar-refractivity contribution in [3.63, 3.8) is 0 Å². The maximum absolute atomic E-state index is 12.2. The van der Waals surface area contributed by atoms with Gasteiger partial charge in [-0.2, -0.15) is 8.42 Å². The average Bonchev–Trinajstić information content (AvgIpc) is 2.45. The van der Waals surface area contributed by atoms with Crippen LogP contribution in [0.25, 0.3) is 0 Å². The van der Waals surface area contributed by atoms with E-state index >= 15 is 0 Å². The quantitative estimate of drug-likeness (QED) is 0.661. The number of hydrogen-bond acceptors (Lipinski definition) is 5. The van der Waals surface area contributed by atoms with Gasteiger partial charge in [-0.25, -0.2) is 0 Å². The maximum Gasteiger partial charge on any atom is 0.298 e. The molecule has 0 saturated heterocycles. The Labute approximate surface area is 121 Å². The van der Waals surface area contributed by atoms with Crippen LogP contribution in [0.15, 0.2) is 47.4 Å². The Morgan fingerprint density at radius 2 is 1.76 bits per heavy atom. The number of ketones is 1. The van der Waals surface area contributed by atoms with E-state index < -0.39 is 32.3 Å². The van der Waals surface area contributed by atoms with Crippen molar-refractivity contribution in [1.29, 1.82) is 0 Å². The average molecular weight is 306 g/mol. The predicted octanol–water partition coefficient (Wildman–Crippen LogP) is 1.92. The molecule has 2 rings (SSSR count). The minimum atomic E-state index is -4.67. The molecule has 21 heavy (non-hydrogen) atoms. The predicted molar refractivity (Wildman–Crippen MR) is 72.7 cm³/mol. The molecule has 6 nitrogen and oxygen atoms in total. The van der Waals surface area contributed by atoms with Gasteiger partial charge in [0.15, 0.2) is 12.9 Å². The van der Waals surface area contributed by atoms with Crippen LogP contribution in [0.2, 0.25) is 0 Å². The third-order valence-electron chi connectivity index (χ3n) is 2.75. The van der Waals surface area contributed by atoms with Crippen molar-refractivity contribution in [3.05, 3.63) is 60.7 Å². The normalized spacial score (nSPS) is 11.1. The lowest BCUT2D eigenvalue weighted by Gasteiger charge is -2.10.